The zero-order valence-electron chi connectivity index (χ0n) is 12.5. The Kier molecular flexibility index (Phi) is 3.71. The van der Waals surface area contributed by atoms with Crippen LogP contribution in [-0.2, 0) is 10.2 Å². The summed E-state index contributed by atoms with van der Waals surface area (Å²) >= 11 is 0. The summed E-state index contributed by atoms with van der Waals surface area (Å²) in [5.41, 5.74) is 9.52. The second kappa shape index (κ2) is 4.99. The van der Waals surface area contributed by atoms with Gasteiger partial charge in [-0.15, -0.1) is 0 Å². The first-order valence-corrected chi connectivity index (χ1v) is 7.18. The van der Waals surface area contributed by atoms with Gasteiger partial charge in [-0.3, -0.25) is 4.79 Å². The fraction of sp³-hybridized carbons (Fsp3) is 0.588. The molecule has 1 fully saturated rings. The standard InChI is InChI=1S/C17H25NO/c1-11-5-8-13(17(2,3)4)9-14(11)15(10-16(18)19)12-6-7-12/h5,8-9,12,15H,6-7,10H2,1-4H3,(H2,18,19). The van der Waals surface area contributed by atoms with E-state index in [0.717, 1.165) is 0 Å². The van der Waals surface area contributed by atoms with Crippen molar-refractivity contribution in [3.05, 3.63) is 34.9 Å². The van der Waals surface area contributed by atoms with E-state index < -0.39 is 0 Å². The largest absolute Gasteiger partial charge is 0.370 e. The SMILES string of the molecule is Cc1ccc(C(C)(C)C)cc1C(CC(N)=O)C1CC1. The van der Waals surface area contributed by atoms with Gasteiger partial charge in [-0.05, 0) is 53.7 Å². The molecule has 0 spiro atoms. The van der Waals surface area contributed by atoms with Crippen molar-refractivity contribution in [1.29, 1.82) is 0 Å². The summed E-state index contributed by atoms with van der Waals surface area (Å²) in [6.45, 7) is 8.81. The minimum absolute atomic E-state index is 0.142. The van der Waals surface area contributed by atoms with Gasteiger partial charge in [0, 0.05) is 6.42 Å². The van der Waals surface area contributed by atoms with Crippen LogP contribution in [-0.4, -0.2) is 5.91 Å². The molecule has 1 aliphatic carbocycles. The van der Waals surface area contributed by atoms with Crippen molar-refractivity contribution in [3.63, 3.8) is 0 Å². The van der Waals surface area contributed by atoms with Crippen molar-refractivity contribution in [3.8, 4) is 0 Å². The third-order valence-electron chi connectivity index (χ3n) is 4.16. The maximum Gasteiger partial charge on any atom is 0.218 e. The van der Waals surface area contributed by atoms with Gasteiger partial charge in [0.25, 0.3) is 0 Å². The molecule has 1 aromatic carbocycles. The molecule has 1 unspecified atom stereocenters. The molecule has 0 radical (unpaired) electrons. The highest BCUT2D eigenvalue weighted by Gasteiger charge is 2.34. The zero-order chi connectivity index (χ0) is 14.2. The van der Waals surface area contributed by atoms with Crippen LogP contribution in [0.4, 0.5) is 0 Å². The summed E-state index contributed by atoms with van der Waals surface area (Å²) in [7, 11) is 0. The maximum atomic E-state index is 11.3. The molecule has 2 heteroatoms. The van der Waals surface area contributed by atoms with E-state index in [1.165, 1.54) is 29.5 Å². The number of carbonyl (C=O) groups is 1. The van der Waals surface area contributed by atoms with Crippen LogP contribution in [0.15, 0.2) is 18.2 Å². The average molecular weight is 259 g/mol. The number of benzene rings is 1. The molecular formula is C17H25NO. The third-order valence-corrected chi connectivity index (χ3v) is 4.16. The molecule has 0 saturated heterocycles. The first kappa shape index (κ1) is 14.1. The maximum absolute atomic E-state index is 11.3. The quantitative estimate of drug-likeness (QED) is 0.881. The Morgan fingerprint density at radius 1 is 1.37 bits per heavy atom. The Labute approximate surface area is 116 Å². The molecule has 2 rings (SSSR count). The molecule has 19 heavy (non-hydrogen) atoms. The number of aryl methyl sites for hydroxylation is 1. The van der Waals surface area contributed by atoms with E-state index in [9.17, 15) is 4.79 Å². The number of hydrogen-bond acceptors (Lipinski definition) is 1. The minimum atomic E-state index is -0.183. The van der Waals surface area contributed by atoms with Crippen LogP contribution >= 0.6 is 0 Å². The second-order valence-corrected chi connectivity index (χ2v) is 6.94. The van der Waals surface area contributed by atoms with Gasteiger partial charge in [-0.25, -0.2) is 0 Å². The van der Waals surface area contributed by atoms with Gasteiger partial charge in [-0.1, -0.05) is 39.0 Å². The normalized spacial score (nSPS) is 17.3. The van der Waals surface area contributed by atoms with Gasteiger partial charge in [0.15, 0.2) is 0 Å². The van der Waals surface area contributed by atoms with Gasteiger partial charge in [-0.2, -0.15) is 0 Å². The van der Waals surface area contributed by atoms with Crippen LogP contribution in [0.2, 0.25) is 0 Å². The van der Waals surface area contributed by atoms with Crippen molar-refractivity contribution in [2.45, 2.75) is 58.3 Å². The molecule has 104 valence electrons. The molecule has 1 saturated carbocycles. The summed E-state index contributed by atoms with van der Waals surface area (Å²) in [5, 5.41) is 0. The molecule has 1 aromatic rings. The number of primary amides is 1. The van der Waals surface area contributed by atoms with E-state index >= 15 is 0 Å². The molecule has 0 bridgehead atoms. The molecule has 1 amide bonds. The predicted octanol–water partition coefficient (Wildman–Crippen LogP) is 3.66. The Balaban J connectivity index is 2.38. The lowest BCUT2D eigenvalue weighted by atomic mass is 9.81. The Morgan fingerprint density at radius 3 is 2.47 bits per heavy atom. The summed E-state index contributed by atoms with van der Waals surface area (Å²) < 4.78 is 0. The van der Waals surface area contributed by atoms with Crippen molar-refractivity contribution in [2.75, 3.05) is 0 Å². The van der Waals surface area contributed by atoms with E-state index in [2.05, 4.69) is 45.9 Å². The highest BCUT2D eigenvalue weighted by atomic mass is 16.1. The van der Waals surface area contributed by atoms with E-state index in [1.54, 1.807) is 0 Å². The molecule has 2 nitrogen and oxygen atoms in total. The average Bonchev–Trinajstić information content (AvgIpc) is 3.08. The fourth-order valence-corrected chi connectivity index (χ4v) is 2.75. The molecular weight excluding hydrogens is 234 g/mol. The molecule has 1 aliphatic rings. The zero-order valence-corrected chi connectivity index (χ0v) is 12.5. The van der Waals surface area contributed by atoms with Crippen molar-refractivity contribution in [1.82, 2.24) is 0 Å². The Bertz CT molecular complexity index is 481. The Hall–Kier alpha value is -1.31. The number of carbonyl (C=O) groups excluding carboxylic acids is 1. The highest BCUT2D eigenvalue weighted by Crippen LogP contribution is 2.45. The van der Waals surface area contributed by atoms with E-state index in [-0.39, 0.29) is 11.3 Å². The summed E-state index contributed by atoms with van der Waals surface area (Å²) in [6.07, 6.45) is 2.95. The van der Waals surface area contributed by atoms with Gasteiger partial charge in [0.1, 0.15) is 0 Å². The Morgan fingerprint density at radius 2 is 2.00 bits per heavy atom. The highest BCUT2D eigenvalue weighted by molar-refractivity contribution is 5.75. The van der Waals surface area contributed by atoms with Crippen LogP contribution in [0.25, 0.3) is 0 Å². The molecule has 0 aromatic heterocycles. The minimum Gasteiger partial charge on any atom is -0.370 e. The number of rotatable bonds is 4. The van der Waals surface area contributed by atoms with Crippen LogP contribution in [0.1, 0.15) is 62.6 Å². The third kappa shape index (κ3) is 3.37. The number of amides is 1. The number of hydrogen-bond donors (Lipinski definition) is 1. The summed E-state index contributed by atoms with van der Waals surface area (Å²) in [5.74, 6) is 0.790. The second-order valence-electron chi connectivity index (χ2n) is 6.94. The van der Waals surface area contributed by atoms with Gasteiger partial charge in [0.05, 0.1) is 0 Å². The van der Waals surface area contributed by atoms with E-state index in [4.69, 9.17) is 5.73 Å². The molecule has 2 N–H and O–H groups in total. The number of nitrogens with two attached hydrogens (primary N) is 1. The van der Waals surface area contributed by atoms with Gasteiger partial charge in [0.2, 0.25) is 5.91 Å². The fourth-order valence-electron chi connectivity index (χ4n) is 2.75. The lowest BCUT2D eigenvalue weighted by molar-refractivity contribution is -0.118. The first-order valence-electron chi connectivity index (χ1n) is 7.18. The summed E-state index contributed by atoms with van der Waals surface area (Å²) in [4.78, 5) is 11.3. The van der Waals surface area contributed by atoms with E-state index in [0.29, 0.717) is 18.3 Å². The van der Waals surface area contributed by atoms with Crippen LogP contribution in [0, 0.1) is 12.8 Å². The smallest absolute Gasteiger partial charge is 0.218 e. The van der Waals surface area contributed by atoms with Crippen LogP contribution < -0.4 is 5.73 Å². The summed E-state index contributed by atoms with van der Waals surface area (Å²) in [6, 6.07) is 6.68. The van der Waals surface area contributed by atoms with Crippen molar-refractivity contribution >= 4 is 5.91 Å². The predicted molar refractivity (Wildman–Crippen MR) is 79.2 cm³/mol. The van der Waals surface area contributed by atoms with Crippen molar-refractivity contribution in [2.24, 2.45) is 11.7 Å². The van der Waals surface area contributed by atoms with Gasteiger partial charge >= 0.3 is 0 Å². The first-order chi connectivity index (χ1) is 8.79. The topological polar surface area (TPSA) is 43.1 Å². The van der Waals surface area contributed by atoms with Crippen LogP contribution in [0.5, 0.6) is 0 Å². The molecule has 0 heterocycles. The van der Waals surface area contributed by atoms with Crippen molar-refractivity contribution < 1.29 is 4.79 Å². The monoisotopic (exact) mass is 259 g/mol. The lowest BCUT2D eigenvalue weighted by Crippen LogP contribution is -2.18. The van der Waals surface area contributed by atoms with Gasteiger partial charge < -0.3 is 5.73 Å². The molecule has 0 aliphatic heterocycles. The lowest BCUT2D eigenvalue weighted by Gasteiger charge is -2.24. The van der Waals surface area contributed by atoms with Crippen LogP contribution in [0.3, 0.4) is 0 Å². The molecule has 1 atom stereocenters. The van der Waals surface area contributed by atoms with E-state index in [1.807, 2.05) is 0 Å².